The third-order valence-electron chi connectivity index (χ3n) is 5.78. The first-order valence-corrected chi connectivity index (χ1v) is 10.6. The lowest BCUT2D eigenvalue weighted by Gasteiger charge is -2.29. The van der Waals surface area contributed by atoms with Crippen LogP contribution in [0.2, 0.25) is 0 Å². The van der Waals surface area contributed by atoms with Crippen LogP contribution in [0.1, 0.15) is 28.8 Å². The number of fused-ring (bicyclic) bond motifs is 1. The Morgan fingerprint density at radius 1 is 0.967 bits per heavy atom. The van der Waals surface area contributed by atoms with Gasteiger partial charge in [0.2, 0.25) is 0 Å². The van der Waals surface area contributed by atoms with E-state index in [4.69, 9.17) is 0 Å². The van der Waals surface area contributed by atoms with E-state index in [2.05, 4.69) is 10.6 Å². The molecule has 3 aromatic carbocycles. The fourth-order valence-corrected chi connectivity index (χ4v) is 4.16. The molecule has 0 radical (unpaired) electrons. The highest BCUT2D eigenvalue weighted by Crippen LogP contribution is 2.22. The van der Waals surface area contributed by atoms with Gasteiger partial charge in [-0.3, -0.25) is 9.59 Å². The molecule has 2 amide bonds. The van der Waals surface area contributed by atoms with Crippen molar-refractivity contribution < 1.29 is 14.5 Å². The predicted octanol–water partition coefficient (Wildman–Crippen LogP) is 2.56. The van der Waals surface area contributed by atoms with Gasteiger partial charge in [-0.15, -0.1) is 0 Å². The summed E-state index contributed by atoms with van der Waals surface area (Å²) in [6.07, 6.45) is 1.77. The molecule has 3 N–H and O–H groups in total. The molecular formula is C25H28N3O2+. The number of rotatable bonds is 5. The van der Waals surface area contributed by atoms with Gasteiger partial charge in [0, 0.05) is 35.5 Å². The monoisotopic (exact) mass is 402 g/mol. The maximum Gasteiger partial charge on any atom is 0.279 e. The van der Waals surface area contributed by atoms with Crippen LogP contribution in [-0.4, -0.2) is 37.5 Å². The van der Waals surface area contributed by atoms with Crippen molar-refractivity contribution in [3.8, 4) is 0 Å². The van der Waals surface area contributed by atoms with Crippen molar-refractivity contribution in [1.82, 2.24) is 5.32 Å². The molecule has 3 aromatic rings. The third kappa shape index (κ3) is 4.86. The van der Waals surface area contributed by atoms with Gasteiger partial charge < -0.3 is 15.5 Å². The van der Waals surface area contributed by atoms with E-state index in [1.165, 1.54) is 4.90 Å². The maximum atomic E-state index is 12.6. The fraction of sp³-hybridized carbons (Fsp3) is 0.280. The van der Waals surface area contributed by atoms with Crippen LogP contribution >= 0.6 is 0 Å². The highest BCUT2D eigenvalue weighted by molar-refractivity contribution is 6.02. The normalized spacial score (nSPS) is 18.7. The summed E-state index contributed by atoms with van der Waals surface area (Å²) in [4.78, 5) is 26.3. The minimum absolute atomic E-state index is 0.0131. The van der Waals surface area contributed by atoms with E-state index >= 15 is 0 Å². The van der Waals surface area contributed by atoms with Gasteiger partial charge in [-0.05, 0) is 30.5 Å². The summed E-state index contributed by atoms with van der Waals surface area (Å²) in [5.74, 6) is 0.0180. The number of carbonyl (C=O) groups excluding carboxylic acids is 2. The average Bonchev–Trinajstić information content (AvgIpc) is 2.75. The first-order chi connectivity index (χ1) is 14.6. The molecule has 4 rings (SSSR count). The zero-order valence-electron chi connectivity index (χ0n) is 17.3. The molecule has 1 saturated heterocycles. The molecule has 0 saturated carbocycles. The van der Waals surface area contributed by atoms with Crippen LogP contribution in [0.25, 0.3) is 10.8 Å². The molecule has 5 heteroatoms. The molecule has 30 heavy (non-hydrogen) atoms. The molecular weight excluding hydrogens is 374 g/mol. The summed E-state index contributed by atoms with van der Waals surface area (Å²) in [5.41, 5.74) is 2.65. The van der Waals surface area contributed by atoms with E-state index in [1.54, 1.807) is 0 Å². The second-order valence-corrected chi connectivity index (χ2v) is 8.12. The Morgan fingerprint density at radius 2 is 1.70 bits per heavy atom. The fourth-order valence-electron chi connectivity index (χ4n) is 4.16. The summed E-state index contributed by atoms with van der Waals surface area (Å²) >= 11 is 0. The SMILES string of the molecule is Cc1cccc(C(=O)NC2CC[NH+](CC(=O)Nc3cccc4ccccc34)CC2)c1. The Labute approximate surface area is 177 Å². The van der Waals surface area contributed by atoms with Crippen molar-refractivity contribution >= 4 is 28.3 Å². The predicted molar refractivity (Wildman–Crippen MR) is 120 cm³/mol. The number of benzene rings is 3. The van der Waals surface area contributed by atoms with Crippen molar-refractivity contribution in [3.05, 3.63) is 77.9 Å². The lowest BCUT2D eigenvalue weighted by Crippen LogP contribution is -3.14. The van der Waals surface area contributed by atoms with Crippen molar-refractivity contribution in [1.29, 1.82) is 0 Å². The van der Waals surface area contributed by atoms with Crippen LogP contribution < -0.4 is 15.5 Å². The van der Waals surface area contributed by atoms with Crippen molar-refractivity contribution in [2.75, 3.05) is 25.0 Å². The van der Waals surface area contributed by atoms with E-state index in [-0.39, 0.29) is 17.9 Å². The Bertz CT molecular complexity index is 1050. The second kappa shape index (κ2) is 9.09. The van der Waals surface area contributed by atoms with Gasteiger partial charge in [-0.2, -0.15) is 0 Å². The lowest BCUT2D eigenvalue weighted by atomic mass is 10.0. The molecule has 0 aliphatic carbocycles. The zero-order valence-corrected chi connectivity index (χ0v) is 17.3. The summed E-state index contributed by atoms with van der Waals surface area (Å²) in [5, 5.41) is 8.39. The van der Waals surface area contributed by atoms with Crippen LogP contribution in [0.4, 0.5) is 5.69 Å². The molecule has 0 unspecified atom stereocenters. The Balaban J connectivity index is 1.27. The largest absolute Gasteiger partial charge is 0.349 e. The molecule has 0 spiro atoms. The van der Waals surface area contributed by atoms with Crippen LogP contribution in [0.15, 0.2) is 66.7 Å². The number of nitrogens with one attached hydrogen (secondary N) is 3. The van der Waals surface area contributed by atoms with E-state index in [1.807, 2.05) is 73.7 Å². The first kappa shape index (κ1) is 20.1. The molecule has 1 fully saturated rings. The van der Waals surface area contributed by atoms with E-state index in [0.29, 0.717) is 12.1 Å². The third-order valence-corrected chi connectivity index (χ3v) is 5.78. The summed E-state index contributed by atoms with van der Waals surface area (Å²) in [7, 11) is 0. The highest BCUT2D eigenvalue weighted by atomic mass is 16.2. The number of quaternary nitrogens is 1. The minimum atomic E-state index is -0.0131. The molecule has 154 valence electrons. The van der Waals surface area contributed by atoms with Crippen molar-refractivity contribution in [3.63, 3.8) is 0 Å². The lowest BCUT2D eigenvalue weighted by molar-refractivity contribution is -0.897. The van der Waals surface area contributed by atoms with E-state index in [9.17, 15) is 9.59 Å². The first-order valence-electron chi connectivity index (χ1n) is 10.6. The minimum Gasteiger partial charge on any atom is -0.349 e. The van der Waals surface area contributed by atoms with Crippen LogP contribution in [0.3, 0.4) is 0 Å². The molecule has 1 heterocycles. The zero-order chi connectivity index (χ0) is 20.9. The van der Waals surface area contributed by atoms with Gasteiger partial charge >= 0.3 is 0 Å². The molecule has 0 bridgehead atoms. The molecule has 5 nitrogen and oxygen atoms in total. The van der Waals surface area contributed by atoms with E-state index in [0.717, 1.165) is 48.0 Å². The van der Waals surface area contributed by atoms with Gasteiger partial charge in [0.1, 0.15) is 0 Å². The molecule has 0 aromatic heterocycles. The topological polar surface area (TPSA) is 62.6 Å². The summed E-state index contributed by atoms with van der Waals surface area (Å²) in [6.45, 7) is 4.19. The van der Waals surface area contributed by atoms with Crippen LogP contribution in [0.5, 0.6) is 0 Å². The molecule has 1 aliphatic heterocycles. The Kier molecular flexibility index (Phi) is 6.10. The number of likely N-dealkylation sites (tertiary alicyclic amines) is 1. The summed E-state index contributed by atoms with van der Waals surface area (Å²) < 4.78 is 0. The van der Waals surface area contributed by atoms with E-state index < -0.39 is 0 Å². The quantitative estimate of drug-likeness (QED) is 0.614. The molecule has 1 aliphatic rings. The van der Waals surface area contributed by atoms with Gasteiger partial charge in [-0.1, -0.05) is 54.1 Å². The van der Waals surface area contributed by atoms with Gasteiger partial charge in [0.25, 0.3) is 11.8 Å². The highest BCUT2D eigenvalue weighted by Gasteiger charge is 2.25. The number of piperidine rings is 1. The van der Waals surface area contributed by atoms with Crippen LogP contribution in [0, 0.1) is 6.92 Å². The van der Waals surface area contributed by atoms with Gasteiger partial charge in [-0.25, -0.2) is 0 Å². The van der Waals surface area contributed by atoms with Gasteiger partial charge in [0.15, 0.2) is 6.54 Å². The number of hydrogen-bond donors (Lipinski definition) is 3. The van der Waals surface area contributed by atoms with Gasteiger partial charge in [0.05, 0.1) is 13.1 Å². The van der Waals surface area contributed by atoms with Crippen molar-refractivity contribution in [2.24, 2.45) is 0 Å². The number of hydrogen-bond acceptors (Lipinski definition) is 2. The number of amides is 2. The number of carbonyl (C=O) groups is 2. The Hall–Kier alpha value is -3.18. The maximum absolute atomic E-state index is 12.6. The average molecular weight is 403 g/mol. The number of aryl methyl sites for hydroxylation is 1. The summed E-state index contributed by atoms with van der Waals surface area (Å²) in [6, 6.07) is 21.8. The molecule has 0 atom stereocenters. The standard InChI is InChI=1S/C25H27N3O2/c1-18-6-4-9-20(16-18)25(30)26-21-12-14-28(15-13-21)17-24(29)27-23-11-5-8-19-7-2-3-10-22(19)23/h2-11,16,21H,12-15,17H2,1H3,(H,26,30)(H,27,29)/p+1. The number of anilines is 1. The smallest absolute Gasteiger partial charge is 0.279 e. The van der Waals surface area contributed by atoms with Crippen molar-refractivity contribution in [2.45, 2.75) is 25.8 Å². The second-order valence-electron chi connectivity index (χ2n) is 8.12. The Morgan fingerprint density at radius 3 is 2.50 bits per heavy atom. The van der Waals surface area contributed by atoms with Crippen LogP contribution in [-0.2, 0) is 4.79 Å².